The van der Waals surface area contributed by atoms with Crippen LogP contribution in [0.25, 0.3) is 0 Å². The Labute approximate surface area is 167 Å². The number of aryl methyl sites for hydroxylation is 2. The fourth-order valence-electron chi connectivity index (χ4n) is 3.65. The van der Waals surface area contributed by atoms with E-state index in [2.05, 4.69) is 47.3 Å². The average Bonchev–Trinajstić information content (AvgIpc) is 3.14. The van der Waals surface area contributed by atoms with Crippen molar-refractivity contribution in [2.24, 2.45) is 16.6 Å². The maximum atomic E-state index is 6.10. The van der Waals surface area contributed by atoms with Crippen molar-refractivity contribution < 1.29 is 9.47 Å². The van der Waals surface area contributed by atoms with Gasteiger partial charge in [0.25, 0.3) is 0 Å². The molecule has 150 valence electrons. The minimum atomic E-state index is 0.464. The van der Waals surface area contributed by atoms with Crippen molar-refractivity contribution in [2.75, 3.05) is 44.1 Å². The molecule has 0 aliphatic carbocycles. The lowest BCUT2D eigenvalue weighted by atomic mass is 10.1. The Kier molecular flexibility index (Phi) is 6.29. The van der Waals surface area contributed by atoms with Crippen LogP contribution in [0.5, 0.6) is 11.5 Å². The van der Waals surface area contributed by atoms with Crippen molar-refractivity contribution >= 4 is 17.3 Å². The summed E-state index contributed by atoms with van der Waals surface area (Å²) < 4.78 is 10.8. The van der Waals surface area contributed by atoms with Crippen LogP contribution in [0.2, 0.25) is 0 Å². The molecule has 0 aromatic heterocycles. The van der Waals surface area contributed by atoms with Gasteiger partial charge in [0.15, 0.2) is 5.96 Å². The van der Waals surface area contributed by atoms with Crippen molar-refractivity contribution in [1.29, 1.82) is 0 Å². The van der Waals surface area contributed by atoms with Crippen LogP contribution in [-0.4, -0.2) is 39.8 Å². The summed E-state index contributed by atoms with van der Waals surface area (Å²) in [5.74, 6) is 2.54. The largest absolute Gasteiger partial charge is 0.497 e. The number of nitrogens with zero attached hydrogens (tertiary/aromatic N) is 2. The number of rotatable bonds is 6. The summed E-state index contributed by atoms with van der Waals surface area (Å²) in [6, 6.07) is 12.3. The van der Waals surface area contributed by atoms with E-state index in [0.717, 1.165) is 42.4 Å². The second-order valence-corrected chi connectivity index (χ2v) is 7.40. The third-order valence-electron chi connectivity index (χ3n) is 5.00. The van der Waals surface area contributed by atoms with Gasteiger partial charge in [-0.15, -0.1) is 0 Å². The molecule has 1 aliphatic rings. The van der Waals surface area contributed by atoms with Gasteiger partial charge in [0.05, 0.1) is 14.2 Å². The minimum Gasteiger partial charge on any atom is -0.497 e. The Morgan fingerprint density at radius 1 is 1.07 bits per heavy atom. The molecule has 6 heteroatoms. The zero-order valence-electron chi connectivity index (χ0n) is 17.2. The molecule has 0 spiro atoms. The number of anilines is 2. The Balaban J connectivity index is 1.59. The lowest BCUT2D eigenvalue weighted by molar-refractivity contribution is 0.394. The Morgan fingerprint density at radius 3 is 2.32 bits per heavy atom. The van der Waals surface area contributed by atoms with Crippen molar-refractivity contribution in [2.45, 2.75) is 20.3 Å². The number of nitrogens with two attached hydrogens (primary N) is 1. The first-order valence-corrected chi connectivity index (χ1v) is 9.60. The lowest BCUT2D eigenvalue weighted by Crippen LogP contribution is -2.25. The molecule has 0 radical (unpaired) electrons. The monoisotopic (exact) mass is 382 g/mol. The lowest BCUT2D eigenvalue weighted by Gasteiger charge is -2.20. The molecular weight excluding hydrogens is 352 g/mol. The molecule has 0 amide bonds. The first kappa shape index (κ1) is 19.9. The van der Waals surface area contributed by atoms with E-state index in [9.17, 15) is 0 Å². The smallest absolute Gasteiger partial charge is 0.193 e. The maximum Gasteiger partial charge on any atom is 0.193 e. The molecule has 1 fully saturated rings. The van der Waals surface area contributed by atoms with Crippen LogP contribution >= 0.6 is 0 Å². The number of nitrogens with one attached hydrogen (secondary N) is 1. The van der Waals surface area contributed by atoms with Crippen LogP contribution in [-0.2, 0) is 0 Å². The summed E-state index contributed by atoms with van der Waals surface area (Å²) in [5.41, 5.74) is 10.6. The van der Waals surface area contributed by atoms with E-state index in [1.54, 1.807) is 14.2 Å². The Bertz CT molecular complexity index is 808. The first-order chi connectivity index (χ1) is 13.5. The summed E-state index contributed by atoms with van der Waals surface area (Å²) in [4.78, 5) is 6.91. The predicted molar refractivity (Wildman–Crippen MR) is 116 cm³/mol. The van der Waals surface area contributed by atoms with Crippen LogP contribution in [0, 0.1) is 19.8 Å². The Hall–Kier alpha value is -2.89. The van der Waals surface area contributed by atoms with E-state index in [-0.39, 0.29) is 0 Å². The molecule has 28 heavy (non-hydrogen) atoms. The van der Waals surface area contributed by atoms with Gasteiger partial charge in [-0.05, 0) is 49.4 Å². The molecule has 1 saturated heterocycles. The van der Waals surface area contributed by atoms with Gasteiger partial charge in [-0.1, -0.05) is 6.07 Å². The number of hydrogen-bond donors (Lipinski definition) is 2. The minimum absolute atomic E-state index is 0.464. The standard InChI is InChI=1S/C22H30N4O2/c1-15-7-16(2)9-18(8-15)25-22(23)24-13-17-5-6-26(14-17)19-10-20(27-3)12-21(11-19)28-4/h7-12,17H,5-6,13-14H2,1-4H3,(H3,23,24,25). The molecule has 0 bridgehead atoms. The van der Waals surface area contributed by atoms with E-state index in [1.807, 2.05) is 18.2 Å². The molecule has 3 N–H and O–H groups in total. The van der Waals surface area contributed by atoms with Gasteiger partial charge in [-0.25, -0.2) is 0 Å². The van der Waals surface area contributed by atoms with E-state index >= 15 is 0 Å². The third-order valence-corrected chi connectivity index (χ3v) is 5.00. The van der Waals surface area contributed by atoms with Crippen LogP contribution in [0.3, 0.4) is 0 Å². The SMILES string of the molecule is COc1cc(OC)cc(N2CCC(CN=C(N)Nc3cc(C)cc(C)c3)C2)c1. The molecule has 1 atom stereocenters. The van der Waals surface area contributed by atoms with E-state index in [4.69, 9.17) is 15.2 Å². The fraction of sp³-hybridized carbons (Fsp3) is 0.409. The zero-order chi connectivity index (χ0) is 20.1. The molecule has 1 aliphatic heterocycles. The van der Waals surface area contributed by atoms with Gasteiger partial charge in [0.2, 0.25) is 0 Å². The quantitative estimate of drug-likeness (QED) is 0.590. The number of hydrogen-bond acceptors (Lipinski definition) is 4. The first-order valence-electron chi connectivity index (χ1n) is 9.60. The van der Waals surface area contributed by atoms with Gasteiger partial charge in [0.1, 0.15) is 11.5 Å². The second kappa shape index (κ2) is 8.87. The van der Waals surface area contributed by atoms with Crippen molar-refractivity contribution in [3.05, 3.63) is 47.5 Å². The van der Waals surface area contributed by atoms with Crippen LogP contribution in [0.15, 0.2) is 41.4 Å². The van der Waals surface area contributed by atoms with Crippen LogP contribution in [0.1, 0.15) is 17.5 Å². The summed E-state index contributed by atoms with van der Waals surface area (Å²) in [7, 11) is 3.34. The van der Waals surface area contributed by atoms with Gasteiger partial charge < -0.3 is 25.4 Å². The summed E-state index contributed by atoms with van der Waals surface area (Å²) in [6.07, 6.45) is 1.08. The number of benzene rings is 2. The van der Waals surface area contributed by atoms with Gasteiger partial charge >= 0.3 is 0 Å². The number of aliphatic imine (C=N–C) groups is 1. The average molecular weight is 383 g/mol. The van der Waals surface area contributed by atoms with Gasteiger partial charge in [0, 0.05) is 49.2 Å². The predicted octanol–water partition coefficient (Wildman–Crippen LogP) is 3.57. The van der Waals surface area contributed by atoms with Crippen LogP contribution in [0.4, 0.5) is 11.4 Å². The highest BCUT2D eigenvalue weighted by atomic mass is 16.5. The summed E-state index contributed by atoms with van der Waals surface area (Å²) in [6.45, 7) is 6.79. The highest BCUT2D eigenvalue weighted by Gasteiger charge is 2.23. The number of guanidine groups is 1. The molecule has 2 aromatic carbocycles. The highest BCUT2D eigenvalue weighted by molar-refractivity contribution is 5.92. The highest BCUT2D eigenvalue weighted by Crippen LogP contribution is 2.31. The normalized spacial score (nSPS) is 16.9. The van der Waals surface area contributed by atoms with E-state index in [1.165, 1.54) is 11.1 Å². The molecule has 6 nitrogen and oxygen atoms in total. The molecule has 1 heterocycles. The number of ether oxygens (including phenoxy) is 2. The second-order valence-electron chi connectivity index (χ2n) is 7.40. The summed E-state index contributed by atoms with van der Waals surface area (Å²) >= 11 is 0. The molecule has 0 saturated carbocycles. The van der Waals surface area contributed by atoms with Crippen molar-refractivity contribution in [3.63, 3.8) is 0 Å². The number of methoxy groups -OCH3 is 2. The van der Waals surface area contributed by atoms with Crippen molar-refractivity contribution in [1.82, 2.24) is 0 Å². The van der Waals surface area contributed by atoms with E-state index < -0.39 is 0 Å². The topological polar surface area (TPSA) is 72.1 Å². The third kappa shape index (κ3) is 5.09. The molecular formula is C22H30N4O2. The zero-order valence-corrected chi connectivity index (χ0v) is 17.2. The van der Waals surface area contributed by atoms with Gasteiger partial charge in [-0.3, -0.25) is 4.99 Å². The Morgan fingerprint density at radius 2 is 1.71 bits per heavy atom. The van der Waals surface area contributed by atoms with Crippen molar-refractivity contribution in [3.8, 4) is 11.5 Å². The maximum absolute atomic E-state index is 6.10. The van der Waals surface area contributed by atoms with E-state index in [0.29, 0.717) is 18.4 Å². The molecule has 2 aromatic rings. The fourth-order valence-corrected chi connectivity index (χ4v) is 3.65. The summed E-state index contributed by atoms with van der Waals surface area (Å²) in [5, 5.41) is 3.20. The molecule has 1 unspecified atom stereocenters. The molecule has 3 rings (SSSR count). The van der Waals surface area contributed by atoms with Crippen LogP contribution < -0.4 is 25.4 Å². The van der Waals surface area contributed by atoms with Gasteiger partial charge in [-0.2, -0.15) is 0 Å².